The molecule has 78 valence electrons. The molecule has 0 aromatic heterocycles. The average molecular weight is 260 g/mol. The van der Waals surface area contributed by atoms with Gasteiger partial charge < -0.3 is 5.73 Å². The second-order valence-electron chi connectivity index (χ2n) is 3.58. The van der Waals surface area contributed by atoms with Crippen LogP contribution in [0.1, 0.15) is 31.9 Å². The van der Waals surface area contributed by atoms with Crippen molar-refractivity contribution in [2.75, 3.05) is 0 Å². The van der Waals surface area contributed by atoms with E-state index in [0.717, 1.165) is 16.5 Å². The van der Waals surface area contributed by atoms with E-state index in [2.05, 4.69) is 29.8 Å². The Hall–Kier alpha value is -0.410. The van der Waals surface area contributed by atoms with Crippen LogP contribution < -0.4 is 5.73 Å². The van der Waals surface area contributed by atoms with Crippen LogP contribution in [0, 0.1) is 11.7 Å². The molecular weight excluding hydrogens is 245 g/mol. The topological polar surface area (TPSA) is 26.0 Å². The van der Waals surface area contributed by atoms with Gasteiger partial charge in [0.2, 0.25) is 0 Å². The Morgan fingerprint density at radius 2 is 2.14 bits per heavy atom. The van der Waals surface area contributed by atoms with Crippen LogP contribution in [0.15, 0.2) is 22.7 Å². The lowest BCUT2D eigenvalue weighted by Crippen LogP contribution is -2.19. The second kappa shape index (κ2) is 4.89. The van der Waals surface area contributed by atoms with E-state index in [1.165, 1.54) is 12.1 Å². The van der Waals surface area contributed by atoms with Gasteiger partial charge in [-0.2, -0.15) is 0 Å². The van der Waals surface area contributed by atoms with Gasteiger partial charge in [-0.05, 0) is 23.6 Å². The SMILES string of the molecule is CCC(C)[C@@H](N)c1ccc(F)cc1Br. The molecule has 0 fully saturated rings. The van der Waals surface area contributed by atoms with Crippen LogP contribution in [0.2, 0.25) is 0 Å². The summed E-state index contributed by atoms with van der Waals surface area (Å²) in [4.78, 5) is 0. The summed E-state index contributed by atoms with van der Waals surface area (Å²) in [6, 6.07) is 4.62. The monoisotopic (exact) mass is 259 g/mol. The minimum atomic E-state index is -0.239. The Balaban J connectivity index is 2.95. The molecule has 1 unspecified atom stereocenters. The largest absolute Gasteiger partial charge is 0.324 e. The Morgan fingerprint density at radius 1 is 1.50 bits per heavy atom. The van der Waals surface area contributed by atoms with Crippen molar-refractivity contribution in [3.63, 3.8) is 0 Å². The number of halogens is 2. The van der Waals surface area contributed by atoms with Crippen molar-refractivity contribution >= 4 is 15.9 Å². The molecule has 1 aromatic carbocycles. The molecule has 14 heavy (non-hydrogen) atoms. The first-order chi connectivity index (χ1) is 6.56. The Bertz CT molecular complexity index is 314. The number of hydrogen-bond donors (Lipinski definition) is 1. The maximum Gasteiger partial charge on any atom is 0.124 e. The molecule has 0 saturated heterocycles. The number of hydrogen-bond acceptors (Lipinski definition) is 1. The lowest BCUT2D eigenvalue weighted by atomic mass is 9.93. The van der Waals surface area contributed by atoms with Crippen LogP contribution in [-0.2, 0) is 0 Å². The fourth-order valence-electron chi connectivity index (χ4n) is 1.33. The summed E-state index contributed by atoms with van der Waals surface area (Å²) >= 11 is 3.33. The maximum atomic E-state index is 12.8. The molecule has 0 aliphatic rings. The van der Waals surface area contributed by atoms with Crippen molar-refractivity contribution in [2.24, 2.45) is 11.7 Å². The van der Waals surface area contributed by atoms with Gasteiger partial charge in [-0.15, -0.1) is 0 Å². The van der Waals surface area contributed by atoms with E-state index in [-0.39, 0.29) is 11.9 Å². The molecule has 1 rings (SSSR count). The summed E-state index contributed by atoms with van der Waals surface area (Å²) < 4.78 is 13.6. The highest BCUT2D eigenvalue weighted by Crippen LogP contribution is 2.28. The predicted octanol–water partition coefficient (Wildman–Crippen LogP) is 3.63. The van der Waals surface area contributed by atoms with E-state index in [9.17, 15) is 4.39 Å². The zero-order chi connectivity index (χ0) is 10.7. The van der Waals surface area contributed by atoms with Gasteiger partial charge in [0.25, 0.3) is 0 Å². The molecule has 0 aliphatic carbocycles. The van der Waals surface area contributed by atoms with Crippen LogP contribution in [-0.4, -0.2) is 0 Å². The van der Waals surface area contributed by atoms with Gasteiger partial charge in [0.15, 0.2) is 0 Å². The van der Waals surface area contributed by atoms with Gasteiger partial charge in [-0.3, -0.25) is 0 Å². The summed E-state index contributed by atoms with van der Waals surface area (Å²) in [5, 5.41) is 0. The molecule has 0 amide bonds. The molecule has 1 nitrogen and oxygen atoms in total. The highest BCUT2D eigenvalue weighted by Gasteiger charge is 2.15. The third-order valence-electron chi connectivity index (χ3n) is 2.58. The molecular formula is C11H15BrFN. The van der Waals surface area contributed by atoms with Gasteiger partial charge in [0.05, 0.1) is 0 Å². The molecule has 0 aliphatic heterocycles. The minimum Gasteiger partial charge on any atom is -0.324 e. The molecule has 0 spiro atoms. The second-order valence-corrected chi connectivity index (χ2v) is 4.43. The first-order valence-electron chi connectivity index (χ1n) is 4.76. The molecule has 3 heteroatoms. The molecule has 0 radical (unpaired) electrons. The smallest absolute Gasteiger partial charge is 0.124 e. The zero-order valence-corrected chi connectivity index (χ0v) is 10.0. The van der Waals surface area contributed by atoms with Crippen molar-refractivity contribution in [3.8, 4) is 0 Å². The van der Waals surface area contributed by atoms with Crippen molar-refractivity contribution in [3.05, 3.63) is 34.1 Å². The first-order valence-corrected chi connectivity index (χ1v) is 5.56. The van der Waals surface area contributed by atoms with E-state index in [0.29, 0.717) is 5.92 Å². The summed E-state index contributed by atoms with van der Waals surface area (Å²) in [6.07, 6.45) is 1.02. The van der Waals surface area contributed by atoms with Crippen LogP contribution in [0.25, 0.3) is 0 Å². The van der Waals surface area contributed by atoms with Crippen LogP contribution in [0.5, 0.6) is 0 Å². The molecule has 0 saturated carbocycles. The van der Waals surface area contributed by atoms with Gasteiger partial charge in [0.1, 0.15) is 5.82 Å². The lowest BCUT2D eigenvalue weighted by molar-refractivity contribution is 0.455. The first kappa shape index (κ1) is 11.7. The van der Waals surface area contributed by atoms with E-state index >= 15 is 0 Å². The Labute approximate surface area is 92.6 Å². The fraction of sp³-hybridized carbons (Fsp3) is 0.455. The number of rotatable bonds is 3. The summed E-state index contributed by atoms with van der Waals surface area (Å²) in [6.45, 7) is 4.20. The van der Waals surface area contributed by atoms with E-state index in [4.69, 9.17) is 5.73 Å². The highest BCUT2D eigenvalue weighted by atomic mass is 79.9. The van der Waals surface area contributed by atoms with Crippen molar-refractivity contribution in [2.45, 2.75) is 26.3 Å². The normalized spacial score (nSPS) is 15.2. The van der Waals surface area contributed by atoms with Gasteiger partial charge in [0, 0.05) is 10.5 Å². The highest BCUT2D eigenvalue weighted by molar-refractivity contribution is 9.10. The summed E-state index contributed by atoms with van der Waals surface area (Å²) in [5.74, 6) is 0.161. The van der Waals surface area contributed by atoms with Crippen molar-refractivity contribution in [1.29, 1.82) is 0 Å². The minimum absolute atomic E-state index is 0.0324. The molecule has 2 atom stereocenters. The quantitative estimate of drug-likeness (QED) is 0.882. The maximum absolute atomic E-state index is 12.8. The summed E-state index contributed by atoms with van der Waals surface area (Å²) in [7, 11) is 0. The van der Waals surface area contributed by atoms with Crippen molar-refractivity contribution in [1.82, 2.24) is 0 Å². The molecule has 0 bridgehead atoms. The van der Waals surface area contributed by atoms with E-state index < -0.39 is 0 Å². The molecule has 0 heterocycles. The fourth-order valence-corrected chi connectivity index (χ4v) is 1.95. The lowest BCUT2D eigenvalue weighted by Gasteiger charge is -2.19. The Kier molecular flexibility index (Phi) is 4.08. The van der Waals surface area contributed by atoms with Crippen LogP contribution in [0.3, 0.4) is 0 Å². The molecule has 2 N–H and O–H groups in total. The molecule has 1 aromatic rings. The summed E-state index contributed by atoms with van der Waals surface area (Å²) in [5.41, 5.74) is 7.02. The van der Waals surface area contributed by atoms with Gasteiger partial charge >= 0.3 is 0 Å². The average Bonchev–Trinajstić information content (AvgIpc) is 2.15. The van der Waals surface area contributed by atoms with Crippen LogP contribution in [0.4, 0.5) is 4.39 Å². The van der Waals surface area contributed by atoms with Gasteiger partial charge in [-0.25, -0.2) is 4.39 Å². The zero-order valence-electron chi connectivity index (χ0n) is 8.43. The predicted molar refractivity (Wildman–Crippen MR) is 60.5 cm³/mol. The number of nitrogens with two attached hydrogens (primary N) is 1. The van der Waals surface area contributed by atoms with Crippen LogP contribution >= 0.6 is 15.9 Å². The number of benzene rings is 1. The van der Waals surface area contributed by atoms with Gasteiger partial charge in [-0.1, -0.05) is 42.3 Å². The third-order valence-corrected chi connectivity index (χ3v) is 3.27. The van der Waals surface area contributed by atoms with Crippen molar-refractivity contribution < 1.29 is 4.39 Å². The Morgan fingerprint density at radius 3 is 2.64 bits per heavy atom. The van der Waals surface area contributed by atoms with E-state index in [1.54, 1.807) is 6.07 Å². The standard InChI is InChI=1S/C11H15BrFN/c1-3-7(2)11(14)9-5-4-8(13)6-10(9)12/h4-7,11H,3,14H2,1-2H3/t7?,11-/m1/s1. The van der Waals surface area contributed by atoms with E-state index in [1.807, 2.05) is 0 Å². The third kappa shape index (κ3) is 2.55.